The quantitative estimate of drug-likeness (QED) is 0.590. The number of hydrogen-bond acceptors (Lipinski definition) is 2. The summed E-state index contributed by atoms with van der Waals surface area (Å²) in [6.07, 6.45) is 2.57. The Kier molecular flexibility index (Phi) is 2.75. The van der Waals surface area contributed by atoms with Gasteiger partial charge in [0.25, 0.3) is 0 Å². The first-order valence-corrected chi connectivity index (χ1v) is 3.92. The Hall–Kier alpha value is -0.500. The van der Waals surface area contributed by atoms with E-state index in [0.717, 1.165) is 6.54 Å². The van der Waals surface area contributed by atoms with Gasteiger partial charge in [-0.05, 0) is 19.4 Å². The third kappa shape index (κ3) is 1.74. The van der Waals surface area contributed by atoms with Crippen molar-refractivity contribution in [2.45, 2.75) is 12.8 Å². The van der Waals surface area contributed by atoms with Crippen LogP contribution >= 0.6 is 0 Å². The van der Waals surface area contributed by atoms with Crippen molar-refractivity contribution in [3.8, 4) is 0 Å². The molecule has 0 amide bonds. The normalized spacial score (nSPS) is 25.9. The van der Waals surface area contributed by atoms with Crippen LogP contribution in [0, 0.1) is 5.92 Å². The van der Waals surface area contributed by atoms with E-state index in [0.29, 0.717) is 5.92 Å². The number of hydrogen-bond donors (Lipinski definition) is 2. The van der Waals surface area contributed by atoms with E-state index < -0.39 is 0 Å². The highest BCUT2D eigenvalue weighted by Crippen LogP contribution is 2.14. The molecular weight excluding hydrogens is 124 g/mol. The van der Waals surface area contributed by atoms with Gasteiger partial charge in [-0.2, -0.15) is 0 Å². The molecule has 1 saturated heterocycles. The highest BCUT2D eigenvalue weighted by molar-refractivity contribution is 4.99. The summed E-state index contributed by atoms with van der Waals surface area (Å²) in [5, 5.41) is 6.45. The van der Waals surface area contributed by atoms with Crippen LogP contribution in [-0.4, -0.2) is 20.1 Å². The van der Waals surface area contributed by atoms with Crippen LogP contribution in [0.15, 0.2) is 12.3 Å². The van der Waals surface area contributed by atoms with Gasteiger partial charge in [-0.25, -0.2) is 0 Å². The molecule has 1 unspecified atom stereocenters. The molecule has 1 rings (SSSR count). The van der Waals surface area contributed by atoms with Crippen LogP contribution in [0.2, 0.25) is 0 Å². The molecule has 1 aliphatic heterocycles. The summed E-state index contributed by atoms with van der Waals surface area (Å²) in [5.74, 6) is 0.652. The molecular formula is C8H16N2. The molecule has 0 bridgehead atoms. The largest absolute Gasteiger partial charge is 0.392 e. The predicted octanol–water partition coefficient (Wildman–Crippen LogP) is 0.719. The summed E-state index contributed by atoms with van der Waals surface area (Å²) in [5.41, 5.74) is 1.17. The Morgan fingerprint density at radius 3 is 3.00 bits per heavy atom. The van der Waals surface area contributed by atoms with Gasteiger partial charge < -0.3 is 10.6 Å². The molecule has 0 aliphatic carbocycles. The molecule has 58 valence electrons. The van der Waals surface area contributed by atoms with Crippen molar-refractivity contribution in [1.82, 2.24) is 10.6 Å². The Bertz CT molecular complexity index is 114. The lowest BCUT2D eigenvalue weighted by atomic mass is 9.97. The SMILES string of the molecule is C=C(NC)C1CCCNC1. The summed E-state index contributed by atoms with van der Waals surface area (Å²) in [6.45, 7) is 6.22. The third-order valence-electron chi connectivity index (χ3n) is 2.11. The minimum Gasteiger partial charge on any atom is -0.392 e. The number of piperidine rings is 1. The van der Waals surface area contributed by atoms with Crippen molar-refractivity contribution in [2.24, 2.45) is 5.92 Å². The molecule has 2 nitrogen and oxygen atoms in total. The minimum absolute atomic E-state index is 0.652. The van der Waals surface area contributed by atoms with Gasteiger partial charge >= 0.3 is 0 Å². The van der Waals surface area contributed by atoms with Gasteiger partial charge in [0, 0.05) is 25.2 Å². The molecule has 1 fully saturated rings. The van der Waals surface area contributed by atoms with Gasteiger partial charge in [-0.15, -0.1) is 0 Å². The molecule has 1 aliphatic rings. The summed E-state index contributed by atoms with van der Waals surface area (Å²) < 4.78 is 0. The average Bonchev–Trinajstić information content (AvgIpc) is 2.05. The van der Waals surface area contributed by atoms with Crippen LogP contribution in [0.5, 0.6) is 0 Å². The molecule has 0 radical (unpaired) electrons. The maximum absolute atomic E-state index is 3.95. The van der Waals surface area contributed by atoms with Crippen LogP contribution in [0.4, 0.5) is 0 Å². The summed E-state index contributed by atoms with van der Waals surface area (Å²) >= 11 is 0. The fraction of sp³-hybridized carbons (Fsp3) is 0.750. The molecule has 0 aromatic carbocycles. The number of nitrogens with one attached hydrogen (secondary N) is 2. The molecule has 1 atom stereocenters. The van der Waals surface area contributed by atoms with Crippen LogP contribution in [-0.2, 0) is 0 Å². The highest BCUT2D eigenvalue weighted by Gasteiger charge is 2.14. The van der Waals surface area contributed by atoms with Crippen molar-refractivity contribution in [3.05, 3.63) is 12.3 Å². The second-order valence-electron chi connectivity index (χ2n) is 2.82. The monoisotopic (exact) mass is 140 g/mol. The van der Waals surface area contributed by atoms with Crippen LogP contribution < -0.4 is 10.6 Å². The molecule has 2 heteroatoms. The van der Waals surface area contributed by atoms with Crippen LogP contribution in [0.1, 0.15) is 12.8 Å². The minimum atomic E-state index is 0.652. The standard InChI is InChI=1S/C8H16N2/c1-7(9-2)8-4-3-5-10-6-8/h8-10H,1,3-6H2,2H3. The average molecular weight is 140 g/mol. The second kappa shape index (κ2) is 3.62. The van der Waals surface area contributed by atoms with E-state index in [9.17, 15) is 0 Å². The molecule has 10 heavy (non-hydrogen) atoms. The van der Waals surface area contributed by atoms with E-state index >= 15 is 0 Å². The van der Waals surface area contributed by atoms with Crippen molar-refractivity contribution in [2.75, 3.05) is 20.1 Å². The van der Waals surface area contributed by atoms with E-state index in [1.165, 1.54) is 25.1 Å². The Balaban J connectivity index is 2.31. The smallest absolute Gasteiger partial charge is 0.0106 e. The van der Waals surface area contributed by atoms with Gasteiger partial charge in [0.2, 0.25) is 0 Å². The van der Waals surface area contributed by atoms with E-state index in [1.807, 2.05) is 7.05 Å². The molecule has 0 spiro atoms. The second-order valence-corrected chi connectivity index (χ2v) is 2.82. The van der Waals surface area contributed by atoms with Gasteiger partial charge in [0.05, 0.1) is 0 Å². The summed E-state index contributed by atoms with van der Waals surface area (Å²) in [6, 6.07) is 0. The fourth-order valence-corrected chi connectivity index (χ4v) is 1.35. The zero-order valence-electron chi connectivity index (χ0n) is 6.61. The van der Waals surface area contributed by atoms with Crippen LogP contribution in [0.3, 0.4) is 0 Å². The molecule has 1 heterocycles. The van der Waals surface area contributed by atoms with E-state index in [1.54, 1.807) is 0 Å². The van der Waals surface area contributed by atoms with Crippen molar-refractivity contribution >= 4 is 0 Å². The first-order chi connectivity index (χ1) is 4.84. The lowest BCUT2D eigenvalue weighted by molar-refractivity contribution is 0.410. The Morgan fingerprint density at radius 1 is 1.70 bits per heavy atom. The molecule has 0 saturated carbocycles. The van der Waals surface area contributed by atoms with Crippen LogP contribution in [0.25, 0.3) is 0 Å². The van der Waals surface area contributed by atoms with Crippen molar-refractivity contribution in [1.29, 1.82) is 0 Å². The van der Waals surface area contributed by atoms with E-state index in [4.69, 9.17) is 0 Å². The number of rotatable bonds is 2. The maximum Gasteiger partial charge on any atom is 0.0106 e. The molecule has 2 N–H and O–H groups in total. The van der Waals surface area contributed by atoms with Crippen molar-refractivity contribution < 1.29 is 0 Å². The summed E-state index contributed by atoms with van der Waals surface area (Å²) in [7, 11) is 1.94. The zero-order valence-corrected chi connectivity index (χ0v) is 6.61. The zero-order chi connectivity index (χ0) is 7.40. The van der Waals surface area contributed by atoms with Crippen molar-refractivity contribution in [3.63, 3.8) is 0 Å². The fourth-order valence-electron chi connectivity index (χ4n) is 1.35. The topological polar surface area (TPSA) is 24.1 Å². The summed E-state index contributed by atoms with van der Waals surface area (Å²) in [4.78, 5) is 0. The molecule has 0 aromatic heterocycles. The lowest BCUT2D eigenvalue weighted by Gasteiger charge is -2.24. The third-order valence-corrected chi connectivity index (χ3v) is 2.11. The van der Waals surface area contributed by atoms with Gasteiger partial charge in [0.15, 0.2) is 0 Å². The Morgan fingerprint density at radius 2 is 2.50 bits per heavy atom. The highest BCUT2D eigenvalue weighted by atomic mass is 14.9. The van der Waals surface area contributed by atoms with E-state index in [-0.39, 0.29) is 0 Å². The lowest BCUT2D eigenvalue weighted by Crippen LogP contribution is -2.33. The van der Waals surface area contributed by atoms with Gasteiger partial charge in [-0.3, -0.25) is 0 Å². The van der Waals surface area contributed by atoms with Gasteiger partial charge in [0.1, 0.15) is 0 Å². The van der Waals surface area contributed by atoms with E-state index in [2.05, 4.69) is 17.2 Å². The first-order valence-electron chi connectivity index (χ1n) is 3.92. The Labute approximate surface area is 62.7 Å². The first kappa shape index (κ1) is 7.61. The maximum atomic E-state index is 3.95. The molecule has 0 aromatic rings. The predicted molar refractivity (Wildman–Crippen MR) is 43.8 cm³/mol. The van der Waals surface area contributed by atoms with Gasteiger partial charge in [-0.1, -0.05) is 6.58 Å².